The Hall–Kier alpha value is -2.50. The predicted molar refractivity (Wildman–Crippen MR) is 91.4 cm³/mol. The van der Waals surface area contributed by atoms with Crippen LogP contribution in [0.4, 0.5) is 0 Å². The van der Waals surface area contributed by atoms with Crippen LogP contribution in [0.3, 0.4) is 0 Å². The van der Waals surface area contributed by atoms with Crippen molar-refractivity contribution in [1.82, 2.24) is 4.90 Å². The number of rotatable bonds is 7. The third-order valence-corrected chi connectivity index (χ3v) is 4.90. The number of methoxy groups -OCH3 is 1. The summed E-state index contributed by atoms with van der Waals surface area (Å²) < 4.78 is 11.0. The molecule has 1 aromatic rings. The zero-order valence-corrected chi connectivity index (χ0v) is 14.3. The van der Waals surface area contributed by atoms with Gasteiger partial charge in [0, 0.05) is 6.08 Å². The SMILES string of the molecule is COc1ccccc1OC1=CC(=O)N(C(CC2CCCC2)C(=O)O)C1. The Kier molecular flexibility index (Phi) is 5.26. The zero-order valence-electron chi connectivity index (χ0n) is 14.3. The molecule has 134 valence electrons. The maximum absolute atomic E-state index is 12.3. The largest absolute Gasteiger partial charge is 0.493 e. The third kappa shape index (κ3) is 3.95. The number of carboxylic acids is 1. The lowest BCUT2D eigenvalue weighted by Gasteiger charge is -2.26. The van der Waals surface area contributed by atoms with Crippen molar-refractivity contribution in [2.24, 2.45) is 5.92 Å². The van der Waals surface area contributed by atoms with Gasteiger partial charge in [-0.1, -0.05) is 37.8 Å². The molecule has 0 spiro atoms. The highest BCUT2D eigenvalue weighted by Crippen LogP contribution is 2.32. The Bertz CT molecular complexity index is 678. The average molecular weight is 345 g/mol. The summed E-state index contributed by atoms with van der Waals surface area (Å²) in [6.45, 7) is 0.167. The zero-order chi connectivity index (χ0) is 17.8. The predicted octanol–water partition coefficient (Wildman–Crippen LogP) is 2.83. The number of para-hydroxylation sites is 2. The molecule has 1 saturated carbocycles. The van der Waals surface area contributed by atoms with E-state index in [1.807, 2.05) is 12.1 Å². The highest BCUT2D eigenvalue weighted by atomic mass is 16.5. The first kappa shape index (κ1) is 17.3. The minimum atomic E-state index is -0.952. The van der Waals surface area contributed by atoms with Gasteiger partial charge in [-0.3, -0.25) is 4.79 Å². The molecule has 0 radical (unpaired) electrons. The second-order valence-electron chi connectivity index (χ2n) is 6.57. The van der Waals surface area contributed by atoms with Gasteiger partial charge in [-0.2, -0.15) is 0 Å². The minimum Gasteiger partial charge on any atom is -0.493 e. The van der Waals surface area contributed by atoms with Gasteiger partial charge < -0.3 is 19.5 Å². The average Bonchev–Trinajstić information content (AvgIpc) is 3.22. The molecule has 1 fully saturated rings. The number of ether oxygens (including phenoxy) is 2. The number of carbonyl (C=O) groups is 2. The van der Waals surface area contributed by atoms with E-state index in [0.29, 0.717) is 29.6 Å². The fourth-order valence-electron chi connectivity index (χ4n) is 3.61. The van der Waals surface area contributed by atoms with E-state index >= 15 is 0 Å². The Morgan fingerprint density at radius 3 is 2.60 bits per heavy atom. The van der Waals surface area contributed by atoms with Crippen LogP contribution in [0.1, 0.15) is 32.1 Å². The molecule has 1 aliphatic heterocycles. The third-order valence-electron chi connectivity index (χ3n) is 4.90. The summed E-state index contributed by atoms with van der Waals surface area (Å²) in [4.78, 5) is 25.4. The van der Waals surface area contributed by atoms with Gasteiger partial charge in [0.2, 0.25) is 0 Å². The molecule has 0 saturated heterocycles. The van der Waals surface area contributed by atoms with Gasteiger partial charge in [0.1, 0.15) is 11.8 Å². The molecular weight excluding hydrogens is 322 g/mol. The van der Waals surface area contributed by atoms with Gasteiger partial charge in [-0.15, -0.1) is 0 Å². The van der Waals surface area contributed by atoms with Crippen molar-refractivity contribution in [3.8, 4) is 11.5 Å². The lowest BCUT2D eigenvalue weighted by Crippen LogP contribution is -2.43. The van der Waals surface area contributed by atoms with Crippen LogP contribution < -0.4 is 9.47 Å². The number of carboxylic acid groups (broad SMARTS) is 1. The molecule has 0 aromatic heterocycles. The summed E-state index contributed by atoms with van der Waals surface area (Å²) in [5, 5.41) is 9.59. The number of amides is 1. The molecular formula is C19H23NO5. The number of benzene rings is 1. The van der Waals surface area contributed by atoms with E-state index in [-0.39, 0.29) is 12.5 Å². The lowest BCUT2D eigenvalue weighted by atomic mass is 9.97. The second kappa shape index (κ2) is 7.59. The van der Waals surface area contributed by atoms with Crippen LogP contribution in [-0.4, -0.2) is 41.6 Å². The second-order valence-corrected chi connectivity index (χ2v) is 6.57. The molecule has 6 nitrogen and oxygen atoms in total. The smallest absolute Gasteiger partial charge is 0.326 e. The van der Waals surface area contributed by atoms with Crippen molar-refractivity contribution < 1.29 is 24.2 Å². The summed E-state index contributed by atoms with van der Waals surface area (Å²) in [5.74, 6) is 0.631. The van der Waals surface area contributed by atoms with Crippen LogP contribution in [0.25, 0.3) is 0 Å². The molecule has 1 unspecified atom stereocenters. The van der Waals surface area contributed by atoms with Crippen molar-refractivity contribution in [3.63, 3.8) is 0 Å². The van der Waals surface area contributed by atoms with E-state index in [1.54, 1.807) is 19.2 Å². The van der Waals surface area contributed by atoms with Gasteiger partial charge in [-0.25, -0.2) is 4.79 Å². The van der Waals surface area contributed by atoms with Gasteiger partial charge in [-0.05, 0) is 24.5 Å². The maximum Gasteiger partial charge on any atom is 0.326 e. The number of hydrogen-bond donors (Lipinski definition) is 1. The summed E-state index contributed by atoms with van der Waals surface area (Å²) in [6.07, 6.45) is 6.26. The van der Waals surface area contributed by atoms with Crippen LogP contribution in [0.5, 0.6) is 11.5 Å². The fourth-order valence-corrected chi connectivity index (χ4v) is 3.61. The molecule has 1 aromatic carbocycles. The molecule has 1 N–H and O–H groups in total. The minimum absolute atomic E-state index is 0.167. The van der Waals surface area contributed by atoms with Crippen molar-refractivity contribution in [2.45, 2.75) is 38.1 Å². The van der Waals surface area contributed by atoms with Crippen LogP contribution in [-0.2, 0) is 9.59 Å². The maximum atomic E-state index is 12.3. The number of hydrogen-bond acceptors (Lipinski definition) is 4. The van der Waals surface area contributed by atoms with Crippen molar-refractivity contribution in [3.05, 3.63) is 36.1 Å². The van der Waals surface area contributed by atoms with Gasteiger partial charge in [0.25, 0.3) is 5.91 Å². The highest BCUT2D eigenvalue weighted by molar-refractivity contribution is 5.94. The first-order valence-electron chi connectivity index (χ1n) is 8.63. The molecule has 1 heterocycles. The van der Waals surface area contributed by atoms with E-state index in [1.165, 1.54) is 11.0 Å². The van der Waals surface area contributed by atoms with E-state index < -0.39 is 12.0 Å². The van der Waals surface area contributed by atoms with Gasteiger partial charge in [0.05, 0.1) is 13.7 Å². The topological polar surface area (TPSA) is 76.1 Å². The summed E-state index contributed by atoms with van der Waals surface area (Å²) in [6, 6.07) is 6.36. The van der Waals surface area contributed by atoms with Crippen molar-refractivity contribution >= 4 is 11.9 Å². The first-order valence-corrected chi connectivity index (χ1v) is 8.63. The molecule has 1 amide bonds. The Labute approximate surface area is 147 Å². The molecule has 0 bridgehead atoms. The first-order chi connectivity index (χ1) is 12.1. The summed E-state index contributed by atoms with van der Waals surface area (Å²) in [5.41, 5.74) is 0. The lowest BCUT2D eigenvalue weighted by molar-refractivity contribution is -0.148. The number of aliphatic carboxylic acids is 1. The fraction of sp³-hybridized carbons (Fsp3) is 0.474. The molecule has 1 atom stereocenters. The Morgan fingerprint density at radius 2 is 1.96 bits per heavy atom. The Balaban J connectivity index is 1.69. The van der Waals surface area contributed by atoms with Crippen LogP contribution in [0.2, 0.25) is 0 Å². The van der Waals surface area contributed by atoms with Crippen LogP contribution >= 0.6 is 0 Å². The number of nitrogens with zero attached hydrogens (tertiary/aromatic N) is 1. The summed E-state index contributed by atoms with van der Waals surface area (Å²) >= 11 is 0. The molecule has 1 aliphatic carbocycles. The van der Waals surface area contributed by atoms with Gasteiger partial charge >= 0.3 is 5.97 Å². The highest BCUT2D eigenvalue weighted by Gasteiger charge is 2.36. The number of carbonyl (C=O) groups excluding carboxylic acids is 1. The Morgan fingerprint density at radius 1 is 1.28 bits per heavy atom. The van der Waals surface area contributed by atoms with Crippen LogP contribution in [0.15, 0.2) is 36.1 Å². The quantitative estimate of drug-likeness (QED) is 0.822. The van der Waals surface area contributed by atoms with E-state index in [0.717, 1.165) is 25.7 Å². The molecule has 6 heteroatoms. The van der Waals surface area contributed by atoms with E-state index in [9.17, 15) is 14.7 Å². The standard InChI is InChI=1S/C19H23NO5/c1-24-16-8-4-5-9-17(16)25-14-11-18(21)20(12-14)15(19(22)23)10-13-6-2-3-7-13/h4-5,8-9,11,13,15H,2-3,6-7,10,12H2,1H3,(H,22,23). The van der Waals surface area contributed by atoms with E-state index in [2.05, 4.69) is 0 Å². The van der Waals surface area contributed by atoms with Crippen molar-refractivity contribution in [2.75, 3.05) is 13.7 Å². The van der Waals surface area contributed by atoms with Crippen LogP contribution in [0, 0.1) is 5.92 Å². The monoisotopic (exact) mass is 345 g/mol. The van der Waals surface area contributed by atoms with Gasteiger partial charge in [0.15, 0.2) is 11.5 Å². The molecule has 2 aliphatic rings. The normalized spacial score (nSPS) is 19.0. The van der Waals surface area contributed by atoms with E-state index in [4.69, 9.17) is 9.47 Å². The molecule has 25 heavy (non-hydrogen) atoms. The molecule has 3 rings (SSSR count). The van der Waals surface area contributed by atoms with Crippen molar-refractivity contribution in [1.29, 1.82) is 0 Å². The summed E-state index contributed by atoms with van der Waals surface area (Å²) in [7, 11) is 1.55.